The van der Waals surface area contributed by atoms with E-state index in [9.17, 15) is 14.3 Å². The maximum Gasteiger partial charge on any atom is 0.255 e. The summed E-state index contributed by atoms with van der Waals surface area (Å²) in [5, 5.41) is 10.7. The molecule has 132 valence electrons. The summed E-state index contributed by atoms with van der Waals surface area (Å²) < 4.78 is 13.3. The van der Waals surface area contributed by atoms with Crippen molar-refractivity contribution in [2.75, 3.05) is 46.3 Å². The van der Waals surface area contributed by atoms with Crippen molar-refractivity contribution in [2.45, 2.75) is 25.0 Å². The van der Waals surface area contributed by atoms with Crippen molar-refractivity contribution in [3.05, 3.63) is 35.6 Å². The van der Waals surface area contributed by atoms with Crippen molar-refractivity contribution in [3.63, 3.8) is 0 Å². The Hall–Kier alpha value is -1.50. The number of benzene rings is 1. The van der Waals surface area contributed by atoms with Gasteiger partial charge in [0.25, 0.3) is 5.91 Å². The zero-order chi connectivity index (χ0) is 17.2. The van der Waals surface area contributed by atoms with E-state index in [0.29, 0.717) is 13.0 Å². The number of likely N-dealkylation sites (tertiary alicyclic amines) is 1. The van der Waals surface area contributed by atoms with Crippen molar-refractivity contribution in [1.29, 1.82) is 0 Å². The Morgan fingerprint density at radius 2 is 1.88 bits per heavy atom. The topological polar surface area (TPSA) is 47.0 Å². The summed E-state index contributed by atoms with van der Waals surface area (Å²) >= 11 is 0. The molecule has 5 nitrogen and oxygen atoms in total. The van der Waals surface area contributed by atoms with Gasteiger partial charge >= 0.3 is 0 Å². The average molecular weight is 335 g/mol. The van der Waals surface area contributed by atoms with Crippen LogP contribution in [0.5, 0.6) is 0 Å². The van der Waals surface area contributed by atoms with Crippen molar-refractivity contribution in [1.82, 2.24) is 14.7 Å². The summed E-state index contributed by atoms with van der Waals surface area (Å²) in [7, 11) is 1.75. The molecule has 2 fully saturated rings. The fraction of sp³-hybridized carbons (Fsp3) is 0.611. The van der Waals surface area contributed by atoms with Gasteiger partial charge in [-0.3, -0.25) is 14.6 Å². The Morgan fingerprint density at radius 1 is 1.17 bits per heavy atom. The molecule has 1 aromatic rings. The van der Waals surface area contributed by atoms with Gasteiger partial charge in [0.1, 0.15) is 5.82 Å². The SMILES string of the molecule is CN1CCCC(O)(CN2CCN(Cc3cccc(F)c3)CC2)C1=O. The van der Waals surface area contributed by atoms with E-state index >= 15 is 0 Å². The van der Waals surface area contributed by atoms with Gasteiger partial charge in [-0.05, 0) is 30.5 Å². The summed E-state index contributed by atoms with van der Waals surface area (Å²) in [5.74, 6) is -0.357. The van der Waals surface area contributed by atoms with E-state index in [1.807, 2.05) is 6.07 Å². The predicted octanol–water partition coefficient (Wildman–Crippen LogP) is 0.927. The van der Waals surface area contributed by atoms with Crippen LogP contribution in [0.25, 0.3) is 0 Å². The molecule has 1 atom stereocenters. The first-order chi connectivity index (χ1) is 11.5. The number of amides is 1. The number of hydrogen-bond donors (Lipinski definition) is 1. The van der Waals surface area contributed by atoms with Crippen LogP contribution in [-0.2, 0) is 11.3 Å². The number of nitrogens with zero attached hydrogens (tertiary/aromatic N) is 3. The Kier molecular flexibility index (Phi) is 5.18. The van der Waals surface area contributed by atoms with Crippen LogP contribution in [-0.4, -0.2) is 77.6 Å². The standard InChI is InChI=1S/C18H26FN3O2/c1-20-7-3-6-18(24,17(20)23)14-22-10-8-21(9-11-22)13-15-4-2-5-16(19)12-15/h2,4-5,12,24H,3,6-11,13-14H2,1H3. The van der Waals surface area contributed by atoms with Crippen LogP contribution in [0.4, 0.5) is 4.39 Å². The normalized spacial score (nSPS) is 26.8. The third-order valence-corrected chi connectivity index (χ3v) is 5.07. The van der Waals surface area contributed by atoms with Crippen LogP contribution in [0.1, 0.15) is 18.4 Å². The van der Waals surface area contributed by atoms with Crippen molar-refractivity contribution >= 4 is 5.91 Å². The molecule has 0 saturated carbocycles. The number of piperazine rings is 1. The van der Waals surface area contributed by atoms with Crippen LogP contribution in [0.2, 0.25) is 0 Å². The molecule has 2 aliphatic rings. The molecule has 0 bridgehead atoms. The van der Waals surface area contributed by atoms with Crippen LogP contribution in [0.15, 0.2) is 24.3 Å². The van der Waals surface area contributed by atoms with Crippen molar-refractivity contribution < 1.29 is 14.3 Å². The zero-order valence-electron chi connectivity index (χ0n) is 14.2. The lowest BCUT2D eigenvalue weighted by Gasteiger charge is -2.42. The van der Waals surface area contributed by atoms with Crippen LogP contribution in [0, 0.1) is 5.82 Å². The van der Waals surface area contributed by atoms with E-state index < -0.39 is 5.60 Å². The lowest BCUT2D eigenvalue weighted by atomic mass is 9.91. The summed E-state index contributed by atoms with van der Waals surface area (Å²) in [6.45, 7) is 5.21. The average Bonchev–Trinajstić information content (AvgIpc) is 2.55. The minimum absolute atomic E-state index is 0.157. The van der Waals surface area contributed by atoms with Crippen LogP contribution < -0.4 is 0 Å². The summed E-state index contributed by atoms with van der Waals surface area (Å²) in [5.41, 5.74) is -0.260. The highest BCUT2D eigenvalue weighted by atomic mass is 19.1. The molecule has 0 aromatic heterocycles. The number of piperidine rings is 1. The second-order valence-electron chi connectivity index (χ2n) is 7.04. The van der Waals surface area contributed by atoms with Gasteiger partial charge in [0, 0.05) is 52.9 Å². The van der Waals surface area contributed by atoms with Gasteiger partial charge in [-0.2, -0.15) is 0 Å². The van der Waals surface area contributed by atoms with Gasteiger partial charge in [-0.25, -0.2) is 4.39 Å². The smallest absolute Gasteiger partial charge is 0.255 e. The first-order valence-electron chi connectivity index (χ1n) is 8.63. The largest absolute Gasteiger partial charge is 0.379 e. The molecule has 0 aliphatic carbocycles. The van der Waals surface area contributed by atoms with Gasteiger partial charge in [-0.1, -0.05) is 12.1 Å². The van der Waals surface area contributed by atoms with Gasteiger partial charge in [0.2, 0.25) is 0 Å². The molecule has 1 amide bonds. The number of halogens is 1. The molecule has 0 spiro atoms. The lowest BCUT2D eigenvalue weighted by Crippen LogP contribution is -2.59. The Balaban J connectivity index is 1.51. The molecular weight excluding hydrogens is 309 g/mol. The molecule has 6 heteroatoms. The van der Waals surface area contributed by atoms with Crippen molar-refractivity contribution in [3.8, 4) is 0 Å². The number of likely N-dealkylation sites (N-methyl/N-ethyl adjacent to an activating group) is 1. The summed E-state index contributed by atoms with van der Waals surface area (Å²) in [6.07, 6.45) is 1.39. The summed E-state index contributed by atoms with van der Waals surface area (Å²) in [4.78, 5) is 18.3. The number of carbonyl (C=O) groups excluding carboxylic acids is 1. The van der Waals surface area contributed by atoms with E-state index in [-0.39, 0.29) is 11.7 Å². The Bertz CT molecular complexity index is 589. The molecule has 3 rings (SSSR count). The zero-order valence-corrected chi connectivity index (χ0v) is 14.2. The molecule has 24 heavy (non-hydrogen) atoms. The summed E-state index contributed by atoms with van der Waals surface area (Å²) in [6, 6.07) is 6.71. The fourth-order valence-electron chi connectivity index (χ4n) is 3.69. The molecule has 2 aliphatic heterocycles. The molecular formula is C18H26FN3O2. The van der Waals surface area contributed by atoms with E-state index in [1.54, 1.807) is 24.1 Å². The second-order valence-corrected chi connectivity index (χ2v) is 7.04. The molecule has 1 unspecified atom stereocenters. The van der Waals surface area contributed by atoms with Gasteiger partial charge in [-0.15, -0.1) is 0 Å². The first-order valence-corrected chi connectivity index (χ1v) is 8.63. The highest BCUT2D eigenvalue weighted by Gasteiger charge is 2.42. The van der Waals surface area contributed by atoms with E-state index in [1.165, 1.54) is 6.07 Å². The number of carbonyl (C=O) groups is 1. The minimum Gasteiger partial charge on any atom is -0.379 e. The van der Waals surface area contributed by atoms with Crippen molar-refractivity contribution in [2.24, 2.45) is 0 Å². The monoisotopic (exact) mass is 335 g/mol. The maximum atomic E-state index is 13.3. The molecule has 1 N–H and O–H groups in total. The number of aliphatic hydroxyl groups is 1. The highest BCUT2D eigenvalue weighted by Crippen LogP contribution is 2.23. The van der Waals surface area contributed by atoms with E-state index in [2.05, 4.69) is 9.80 Å². The highest BCUT2D eigenvalue weighted by molar-refractivity contribution is 5.85. The minimum atomic E-state index is -1.24. The van der Waals surface area contributed by atoms with Gasteiger partial charge in [0.05, 0.1) is 0 Å². The Morgan fingerprint density at radius 3 is 2.58 bits per heavy atom. The predicted molar refractivity (Wildman–Crippen MR) is 89.9 cm³/mol. The number of rotatable bonds is 4. The maximum absolute atomic E-state index is 13.3. The third-order valence-electron chi connectivity index (χ3n) is 5.07. The van der Waals surface area contributed by atoms with Crippen LogP contribution in [0.3, 0.4) is 0 Å². The fourth-order valence-corrected chi connectivity index (χ4v) is 3.69. The van der Waals surface area contributed by atoms with E-state index in [4.69, 9.17) is 0 Å². The third kappa shape index (κ3) is 3.94. The molecule has 1 aromatic carbocycles. The molecule has 2 saturated heterocycles. The van der Waals surface area contributed by atoms with Gasteiger partial charge < -0.3 is 10.0 Å². The number of β-amino-alcohol motifs (C(OH)–C–C–N with tert-alkyl or cyclic N) is 1. The first kappa shape index (κ1) is 17.3. The quantitative estimate of drug-likeness (QED) is 0.889. The van der Waals surface area contributed by atoms with E-state index in [0.717, 1.165) is 51.3 Å². The Labute approximate surface area is 142 Å². The number of hydrogen-bond acceptors (Lipinski definition) is 4. The molecule has 2 heterocycles. The lowest BCUT2D eigenvalue weighted by molar-refractivity contribution is -0.158. The second kappa shape index (κ2) is 7.17. The molecule has 0 radical (unpaired) electrons. The van der Waals surface area contributed by atoms with Crippen LogP contribution >= 0.6 is 0 Å². The van der Waals surface area contributed by atoms with Gasteiger partial charge in [0.15, 0.2) is 5.60 Å².